The molecule has 0 spiro atoms. The fraction of sp³-hybridized carbons (Fsp3) is 0.353. The van der Waals surface area contributed by atoms with Crippen molar-refractivity contribution in [2.75, 3.05) is 20.2 Å². The summed E-state index contributed by atoms with van der Waals surface area (Å²) in [7, 11) is 1.56. The first-order valence-electron chi connectivity index (χ1n) is 7.81. The molecule has 1 unspecified atom stereocenters. The van der Waals surface area contributed by atoms with Gasteiger partial charge in [0.25, 0.3) is 5.91 Å². The van der Waals surface area contributed by atoms with Crippen LogP contribution in [0.3, 0.4) is 0 Å². The summed E-state index contributed by atoms with van der Waals surface area (Å²) >= 11 is 0. The van der Waals surface area contributed by atoms with E-state index in [1.54, 1.807) is 31.4 Å². The standard InChI is InChI=1S/C17H19N3O4/c1-23-12-6-4-11(5-7-12)15(21)9-19-16(22)14-10-24-17(20-14)13-3-2-8-18-13/h4-7,10,13,18H,2-3,8-9H2,1H3,(H,19,22). The molecule has 0 aliphatic carbocycles. The minimum absolute atomic E-state index is 0.0625. The molecule has 1 aromatic heterocycles. The number of carbonyl (C=O) groups is 2. The second-order valence-electron chi connectivity index (χ2n) is 5.55. The Morgan fingerprint density at radius 1 is 1.38 bits per heavy atom. The number of nitrogens with one attached hydrogen (secondary N) is 2. The molecule has 0 bridgehead atoms. The molecule has 1 atom stereocenters. The van der Waals surface area contributed by atoms with Gasteiger partial charge in [-0.3, -0.25) is 9.59 Å². The summed E-state index contributed by atoms with van der Waals surface area (Å²) < 4.78 is 10.4. The second-order valence-corrected chi connectivity index (χ2v) is 5.55. The summed E-state index contributed by atoms with van der Waals surface area (Å²) in [5.74, 6) is 0.572. The summed E-state index contributed by atoms with van der Waals surface area (Å²) in [6.45, 7) is 0.819. The number of ketones is 1. The number of Topliss-reactive ketones (excluding diaryl/α,β-unsaturated/α-hetero) is 1. The van der Waals surface area contributed by atoms with Crippen LogP contribution in [0.2, 0.25) is 0 Å². The molecule has 126 valence electrons. The number of hydrogen-bond donors (Lipinski definition) is 2. The molecular weight excluding hydrogens is 310 g/mol. The van der Waals surface area contributed by atoms with Gasteiger partial charge in [-0.2, -0.15) is 0 Å². The quantitative estimate of drug-likeness (QED) is 0.784. The van der Waals surface area contributed by atoms with E-state index in [1.807, 2.05) is 0 Å². The molecule has 1 aliphatic heterocycles. The van der Waals surface area contributed by atoms with Gasteiger partial charge in [-0.15, -0.1) is 0 Å². The maximum Gasteiger partial charge on any atom is 0.273 e. The van der Waals surface area contributed by atoms with Gasteiger partial charge in [0.1, 0.15) is 12.0 Å². The molecular formula is C17H19N3O4. The molecule has 24 heavy (non-hydrogen) atoms. The highest BCUT2D eigenvalue weighted by Crippen LogP contribution is 2.22. The number of methoxy groups -OCH3 is 1. The molecule has 2 aromatic rings. The van der Waals surface area contributed by atoms with Gasteiger partial charge >= 0.3 is 0 Å². The Morgan fingerprint density at radius 3 is 2.83 bits per heavy atom. The van der Waals surface area contributed by atoms with Gasteiger partial charge in [0.15, 0.2) is 11.5 Å². The highest BCUT2D eigenvalue weighted by molar-refractivity contribution is 6.01. The van der Waals surface area contributed by atoms with E-state index in [4.69, 9.17) is 9.15 Å². The number of carbonyl (C=O) groups excluding carboxylic acids is 2. The summed E-state index contributed by atoms with van der Waals surface area (Å²) in [6.07, 6.45) is 3.32. The zero-order chi connectivity index (χ0) is 16.9. The van der Waals surface area contributed by atoms with E-state index in [2.05, 4.69) is 15.6 Å². The van der Waals surface area contributed by atoms with Gasteiger partial charge in [-0.25, -0.2) is 4.98 Å². The fourth-order valence-electron chi connectivity index (χ4n) is 2.58. The lowest BCUT2D eigenvalue weighted by Gasteiger charge is -2.04. The minimum Gasteiger partial charge on any atom is -0.497 e. The normalized spacial score (nSPS) is 16.8. The lowest BCUT2D eigenvalue weighted by atomic mass is 10.1. The smallest absolute Gasteiger partial charge is 0.273 e. The van der Waals surface area contributed by atoms with Crippen LogP contribution in [0.25, 0.3) is 0 Å². The van der Waals surface area contributed by atoms with Crippen LogP contribution >= 0.6 is 0 Å². The molecule has 1 amide bonds. The van der Waals surface area contributed by atoms with Gasteiger partial charge < -0.3 is 19.8 Å². The van der Waals surface area contributed by atoms with Gasteiger partial charge in [0.05, 0.1) is 19.7 Å². The number of oxazole rings is 1. The largest absolute Gasteiger partial charge is 0.497 e. The van der Waals surface area contributed by atoms with Crippen molar-refractivity contribution in [1.82, 2.24) is 15.6 Å². The molecule has 1 saturated heterocycles. The van der Waals surface area contributed by atoms with E-state index in [-0.39, 0.29) is 24.1 Å². The number of benzene rings is 1. The molecule has 2 N–H and O–H groups in total. The SMILES string of the molecule is COc1ccc(C(=O)CNC(=O)c2coc(C3CCCN3)n2)cc1. The van der Waals surface area contributed by atoms with E-state index >= 15 is 0 Å². The Bertz CT molecular complexity index is 718. The predicted octanol–water partition coefficient (Wildman–Crippen LogP) is 1.72. The number of hydrogen-bond acceptors (Lipinski definition) is 6. The Kier molecular flexibility index (Phi) is 4.90. The molecule has 1 fully saturated rings. The van der Waals surface area contributed by atoms with Gasteiger partial charge in [0.2, 0.25) is 5.89 Å². The van der Waals surface area contributed by atoms with Crippen molar-refractivity contribution in [3.63, 3.8) is 0 Å². The van der Waals surface area contributed by atoms with Crippen molar-refractivity contribution in [2.24, 2.45) is 0 Å². The molecule has 7 heteroatoms. The third-order valence-electron chi connectivity index (χ3n) is 3.93. The Balaban J connectivity index is 1.55. The second kappa shape index (κ2) is 7.27. The van der Waals surface area contributed by atoms with Crippen molar-refractivity contribution in [3.8, 4) is 5.75 Å². The first kappa shape index (κ1) is 16.2. The average molecular weight is 329 g/mol. The Hall–Kier alpha value is -2.67. The monoisotopic (exact) mass is 329 g/mol. The topological polar surface area (TPSA) is 93.5 Å². The van der Waals surface area contributed by atoms with Crippen molar-refractivity contribution in [2.45, 2.75) is 18.9 Å². The minimum atomic E-state index is -0.426. The van der Waals surface area contributed by atoms with E-state index < -0.39 is 5.91 Å². The highest BCUT2D eigenvalue weighted by Gasteiger charge is 2.23. The van der Waals surface area contributed by atoms with Crippen molar-refractivity contribution in [3.05, 3.63) is 47.7 Å². The maximum atomic E-state index is 12.1. The fourth-order valence-corrected chi connectivity index (χ4v) is 2.58. The van der Waals surface area contributed by atoms with Gasteiger partial charge in [-0.05, 0) is 43.7 Å². The third-order valence-corrected chi connectivity index (χ3v) is 3.93. The lowest BCUT2D eigenvalue weighted by molar-refractivity contribution is 0.0900. The van der Waals surface area contributed by atoms with Crippen LogP contribution in [-0.4, -0.2) is 36.9 Å². The van der Waals surface area contributed by atoms with E-state index in [9.17, 15) is 9.59 Å². The van der Waals surface area contributed by atoms with Crippen molar-refractivity contribution >= 4 is 11.7 Å². The maximum absolute atomic E-state index is 12.1. The number of nitrogens with zero attached hydrogens (tertiary/aromatic N) is 1. The van der Waals surface area contributed by atoms with Crippen LogP contribution in [0, 0.1) is 0 Å². The summed E-state index contributed by atoms with van der Waals surface area (Å²) in [4.78, 5) is 28.4. The Morgan fingerprint density at radius 2 is 2.17 bits per heavy atom. The average Bonchev–Trinajstić information content (AvgIpc) is 3.30. The highest BCUT2D eigenvalue weighted by atomic mass is 16.5. The number of ether oxygens (including phenoxy) is 1. The van der Waals surface area contributed by atoms with Crippen LogP contribution in [0.5, 0.6) is 5.75 Å². The predicted molar refractivity (Wildman–Crippen MR) is 86.1 cm³/mol. The number of rotatable bonds is 6. The lowest BCUT2D eigenvalue weighted by Crippen LogP contribution is -2.29. The summed E-state index contributed by atoms with van der Waals surface area (Å²) in [6, 6.07) is 6.79. The molecule has 2 heterocycles. The van der Waals surface area contributed by atoms with Crippen molar-refractivity contribution < 1.29 is 18.7 Å². The zero-order valence-corrected chi connectivity index (χ0v) is 13.4. The van der Waals surface area contributed by atoms with E-state index in [0.29, 0.717) is 17.2 Å². The van der Waals surface area contributed by atoms with Crippen LogP contribution in [0.4, 0.5) is 0 Å². The molecule has 0 saturated carbocycles. The van der Waals surface area contributed by atoms with E-state index in [1.165, 1.54) is 6.26 Å². The molecule has 1 aliphatic rings. The first-order valence-corrected chi connectivity index (χ1v) is 7.81. The molecule has 3 rings (SSSR count). The van der Waals surface area contributed by atoms with Gasteiger partial charge in [-0.1, -0.05) is 0 Å². The molecule has 7 nitrogen and oxygen atoms in total. The van der Waals surface area contributed by atoms with Crippen LogP contribution in [0.1, 0.15) is 45.6 Å². The van der Waals surface area contributed by atoms with Crippen LogP contribution in [-0.2, 0) is 0 Å². The Labute approximate surface area is 139 Å². The number of aromatic nitrogens is 1. The zero-order valence-electron chi connectivity index (χ0n) is 13.4. The van der Waals surface area contributed by atoms with Gasteiger partial charge in [0, 0.05) is 5.56 Å². The number of amides is 1. The van der Waals surface area contributed by atoms with Crippen molar-refractivity contribution in [1.29, 1.82) is 0 Å². The van der Waals surface area contributed by atoms with Crippen LogP contribution < -0.4 is 15.4 Å². The molecule has 0 radical (unpaired) electrons. The molecule has 1 aromatic carbocycles. The van der Waals surface area contributed by atoms with E-state index in [0.717, 1.165) is 19.4 Å². The third kappa shape index (κ3) is 3.62. The summed E-state index contributed by atoms with van der Waals surface area (Å²) in [5, 5.41) is 5.82. The first-order chi connectivity index (χ1) is 11.7. The van der Waals surface area contributed by atoms with Crippen LogP contribution in [0.15, 0.2) is 34.9 Å². The summed E-state index contributed by atoms with van der Waals surface area (Å²) in [5.41, 5.74) is 0.688.